The molecule has 0 aliphatic carbocycles. The number of hydrogen-bond acceptors (Lipinski definition) is 3. The van der Waals surface area contributed by atoms with E-state index in [9.17, 15) is 4.79 Å². The van der Waals surface area contributed by atoms with Crippen LogP contribution in [0.4, 0.5) is 0 Å². The molecule has 86 valence electrons. The zero-order valence-electron chi connectivity index (χ0n) is 9.28. The molecule has 1 fully saturated rings. The van der Waals surface area contributed by atoms with Gasteiger partial charge in [0.2, 0.25) is 5.91 Å². The highest BCUT2D eigenvalue weighted by Gasteiger charge is 2.16. The van der Waals surface area contributed by atoms with Gasteiger partial charge in [0, 0.05) is 26.2 Å². The minimum Gasteiger partial charge on any atom is -0.354 e. The van der Waals surface area contributed by atoms with Crippen molar-refractivity contribution in [3.05, 3.63) is 35.4 Å². The van der Waals surface area contributed by atoms with Gasteiger partial charge in [0.25, 0.3) is 0 Å². The minimum absolute atomic E-state index is 0.108. The molecule has 1 amide bonds. The average Bonchev–Trinajstić information content (AvgIpc) is 2.30. The van der Waals surface area contributed by atoms with Gasteiger partial charge in [-0.2, -0.15) is 0 Å². The van der Waals surface area contributed by atoms with Crippen molar-refractivity contribution in [1.82, 2.24) is 10.2 Å². The highest BCUT2D eigenvalue weighted by molar-refractivity contribution is 5.78. The van der Waals surface area contributed by atoms with Crippen LogP contribution in [-0.2, 0) is 17.9 Å². The zero-order valence-corrected chi connectivity index (χ0v) is 9.28. The molecule has 0 unspecified atom stereocenters. The molecule has 2 rings (SSSR count). The Hall–Kier alpha value is -1.39. The average molecular weight is 219 g/mol. The number of benzene rings is 1. The molecule has 0 aromatic heterocycles. The van der Waals surface area contributed by atoms with Crippen LogP contribution in [0.25, 0.3) is 0 Å². The third-order valence-corrected chi connectivity index (χ3v) is 2.85. The number of carbonyl (C=O) groups excluding carboxylic acids is 1. The first-order valence-electron chi connectivity index (χ1n) is 5.55. The number of nitrogens with zero attached hydrogens (tertiary/aromatic N) is 1. The van der Waals surface area contributed by atoms with Crippen LogP contribution < -0.4 is 11.1 Å². The second-order valence-electron chi connectivity index (χ2n) is 4.03. The van der Waals surface area contributed by atoms with Crippen LogP contribution >= 0.6 is 0 Å². The lowest BCUT2D eigenvalue weighted by molar-refractivity contribution is -0.124. The highest BCUT2D eigenvalue weighted by Crippen LogP contribution is 2.11. The Kier molecular flexibility index (Phi) is 3.54. The molecule has 0 radical (unpaired) electrons. The SMILES string of the molecule is NCc1ccccc1CN1CCNC(=O)C1. The molecule has 1 aromatic carbocycles. The fourth-order valence-corrected chi connectivity index (χ4v) is 1.98. The predicted molar refractivity (Wildman–Crippen MR) is 62.6 cm³/mol. The smallest absolute Gasteiger partial charge is 0.234 e. The molecule has 1 saturated heterocycles. The van der Waals surface area contributed by atoms with E-state index in [-0.39, 0.29) is 5.91 Å². The first kappa shape index (κ1) is 11.1. The molecule has 0 atom stereocenters. The maximum Gasteiger partial charge on any atom is 0.234 e. The zero-order chi connectivity index (χ0) is 11.4. The molecule has 1 heterocycles. The Morgan fingerprint density at radius 3 is 2.75 bits per heavy atom. The molecule has 3 N–H and O–H groups in total. The Labute approximate surface area is 95.4 Å². The Morgan fingerprint density at radius 1 is 1.31 bits per heavy atom. The lowest BCUT2D eigenvalue weighted by Crippen LogP contribution is -2.47. The van der Waals surface area contributed by atoms with Crippen molar-refractivity contribution < 1.29 is 4.79 Å². The number of rotatable bonds is 3. The second kappa shape index (κ2) is 5.09. The van der Waals surface area contributed by atoms with Crippen LogP contribution in [0.5, 0.6) is 0 Å². The summed E-state index contributed by atoms with van der Waals surface area (Å²) in [6, 6.07) is 8.13. The largest absolute Gasteiger partial charge is 0.354 e. The monoisotopic (exact) mass is 219 g/mol. The van der Waals surface area contributed by atoms with Gasteiger partial charge in [-0.25, -0.2) is 0 Å². The summed E-state index contributed by atoms with van der Waals surface area (Å²) in [4.78, 5) is 13.4. The number of hydrogen-bond donors (Lipinski definition) is 2. The fraction of sp³-hybridized carbons (Fsp3) is 0.417. The van der Waals surface area contributed by atoms with Gasteiger partial charge < -0.3 is 11.1 Å². The van der Waals surface area contributed by atoms with Gasteiger partial charge in [0.1, 0.15) is 0 Å². The third kappa shape index (κ3) is 2.59. The van der Waals surface area contributed by atoms with Gasteiger partial charge in [-0.1, -0.05) is 24.3 Å². The van der Waals surface area contributed by atoms with Crippen LogP contribution in [-0.4, -0.2) is 30.4 Å². The van der Waals surface area contributed by atoms with Crippen molar-refractivity contribution in [2.75, 3.05) is 19.6 Å². The summed E-state index contributed by atoms with van der Waals surface area (Å²) in [6.07, 6.45) is 0. The molecule has 4 heteroatoms. The molecule has 4 nitrogen and oxygen atoms in total. The maximum atomic E-state index is 11.2. The summed E-state index contributed by atoms with van der Waals surface area (Å²) >= 11 is 0. The van der Waals surface area contributed by atoms with E-state index in [0.717, 1.165) is 25.2 Å². The Bertz CT molecular complexity index is 378. The van der Waals surface area contributed by atoms with Crippen molar-refractivity contribution in [1.29, 1.82) is 0 Å². The normalized spacial score (nSPS) is 17.2. The van der Waals surface area contributed by atoms with E-state index in [4.69, 9.17) is 5.73 Å². The van der Waals surface area contributed by atoms with Crippen molar-refractivity contribution in [2.24, 2.45) is 5.73 Å². The molecule has 1 aliphatic heterocycles. The standard InChI is InChI=1S/C12H17N3O/c13-7-10-3-1-2-4-11(10)8-15-6-5-14-12(16)9-15/h1-4H,5-9,13H2,(H,14,16). The summed E-state index contributed by atoms with van der Waals surface area (Å²) in [5.41, 5.74) is 8.07. The molecular formula is C12H17N3O. The summed E-state index contributed by atoms with van der Waals surface area (Å²) in [5, 5.41) is 2.82. The minimum atomic E-state index is 0.108. The van der Waals surface area contributed by atoms with Crippen molar-refractivity contribution in [3.63, 3.8) is 0 Å². The second-order valence-corrected chi connectivity index (χ2v) is 4.03. The Balaban J connectivity index is 2.05. The lowest BCUT2D eigenvalue weighted by Gasteiger charge is -2.27. The predicted octanol–water partition coefficient (Wildman–Crippen LogP) is 0.0771. The number of piperazine rings is 1. The van der Waals surface area contributed by atoms with Crippen molar-refractivity contribution in [3.8, 4) is 0 Å². The molecule has 1 aliphatic rings. The Morgan fingerprint density at radius 2 is 2.06 bits per heavy atom. The van der Waals surface area contributed by atoms with E-state index in [1.54, 1.807) is 0 Å². The van der Waals surface area contributed by atoms with E-state index >= 15 is 0 Å². The number of amides is 1. The van der Waals surface area contributed by atoms with Crippen LogP contribution in [0.2, 0.25) is 0 Å². The molecule has 16 heavy (non-hydrogen) atoms. The first-order valence-corrected chi connectivity index (χ1v) is 5.55. The first-order chi connectivity index (χ1) is 7.79. The quantitative estimate of drug-likeness (QED) is 0.756. The van der Waals surface area contributed by atoms with Crippen molar-refractivity contribution in [2.45, 2.75) is 13.1 Å². The van der Waals surface area contributed by atoms with E-state index in [1.165, 1.54) is 5.56 Å². The summed E-state index contributed by atoms with van der Waals surface area (Å²) in [5.74, 6) is 0.108. The van der Waals surface area contributed by atoms with Gasteiger partial charge in [-0.3, -0.25) is 9.69 Å². The van der Waals surface area contributed by atoms with Crippen molar-refractivity contribution >= 4 is 5.91 Å². The maximum absolute atomic E-state index is 11.2. The summed E-state index contributed by atoms with van der Waals surface area (Å²) in [7, 11) is 0. The highest BCUT2D eigenvalue weighted by atomic mass is 16.2. The van der Waals surface area contributed by atoms with E-state index in [1.807, 2.05) is 18.2 Å². The fourth-order valence-electron chi connectivity index (χ4n) is 1.98. The van der Waals surface area contributed by atoms with Gasteiger partial charge in [0.15, 0.2) is 0 Å². The van der Waals surface area contributed by atoms with Crippen LogP contribution in [0.1, 0.15) is 11.1 Å². The van der Waals surface area contributed by atoms with Gasteiger partial charge in [-0.15, -0.1) is 0 Å². The topological polar surface area (TPSA) is 58.4 Å². The molecule has 0 bridgehead atoms. The molecular weight excluding hydrogens is 202 g/mol. The van der Waals surface area contributed by atoms with E-state index in [0.29, 0.717) is 13.1 Å². The van der Waals surface area contributed by atoms with Gasteiger partial charge in [-0.05, 0) is 11.1 Å². The molecule has 1 aromatic rings. The van der Waals surface area contributed by atoms with E-state index < -0.39 is 0 Å². The summed E-state index contributed by atoms with van der Waals surface area (Å²) < 4.78 is 0. The summed E-state index contributed by atoms with van der Waals surface area (Å²) in [6.45, 7) is 3.49. The molecule has 0 spiro atoms. The van der Waals surface area contributed by atoms with Crippen LogP contribution in [0.3, 0.4) is 0 Å². The third-order valence-electron chi connectivity index (χ3n) is 2.85. The van der Waals surface area contributed by atoms with Gasteiger partial charge >= 0.3 is 0 Å². The number of carbonyl (C=O) groups is 1. The van der Waals surface area contributed by atoms with Crippen LogP contribution in [0, 0.1) is 0 Å². The number of nitrogens with one attached hydrogen (secondary N) is 1. The van der Waals surface area contributed by atoms with Crippen LogP contribution in [0.15, 0.2) is 24.3 Å². The van der Waals surface area contributed by atoms with Gasteiger partial charge in [0.05, 0.1) is 6.54 Å². The lowest BCUT2D eigenvalue weighted by atomic mass is 10.1. The van der Waals surface area contributed by atoms with E-state index in [2.05, 4.69) is 16.3 Å². The molecule has 0 saturated carbocycles. The number of nitrogens with two attached hydrogens (primary N) is 1.